The molecule has 0 N–H and O–H groups in total. The molecule has 8 heteroatoms. The number of carbonyl (C=O) groups excluding carboxylic acids is 2. The summed E-state index contributed by atoms with van der Waals surface area (Å²) < 4.78 is 53.5. The Bertz CT molecular complexity index is 993. The third-order valence-corrected chi connectivity index (χ3v) is 8.42. The van der Waals surface area contributed by atoms with E-state index < -0.39 is 35.3 Å². The highest BCUT2D eigenvalue weighted by molar-refractivity contribution is 5.97. The van der Waals surface area contributed by atoms with E-state index in [-0.39, 0.29) is 16.7 Å². The fourth-order valence-electron chi connectivity index (χ4n) is 7.50. The summed E-state index contributed by atoms with van der Waals surface area (Å²) in [4.78, 5) is 27.2. The molecule has 1 aromatic carbocycles. The van der Waals surface area contributed by atoms with Crippen molar-refractivity contribution in [2.75, 3.05) is 13.2 Å². The first-order chi connectivity index (χ1) is 16.8. The molecule has 5 aliphatic rings. The van der Waals surface area contributed by atoms with Crippen LogP contribution in [0.5, 0.6) is 5.75 Å². The Morgan fingerprint density at radius 3 is 2.19 bits per heavy atom. The van der Waals surface area contributed by atoms with E-state index in [1.165, 1.54) is 36.3 Å². The lowest BCUT2D eigenvalue weighted by molar-refractivity contribution is -0.159. The Balaban J connectivity index is 1.33. The zero-order chi connectivity index (χ0) is 25.9. The number of halogens is 3. The Labute approximate surface area is 210 Å². The van der Waals surface area contributed by atoms with E-state index in [0.717, 1.165) is 25.3 Å². The van der Waals surface area contributed by atoms with Gasteiger partial charge in [0.15, 0.2) is 0 Å². The minimum Gasteiger partial charge on any atom is -0.492 e. The molecular weight excluding hydrogens is 471 g/mol. The highest BCUT2D eigenvalue weighted by Gasteiger charge is 2.51. The first-order valence-electron chi connectivity index (χ1n) is 13.2. The number of alkyl halides is 3. The van der Waals surface area contributed by atoms with Gasteiger partial charge in [-0.3, -0.25) is 4.79 Å². The van der Waals surface area contributed by atoms with Gasteiger partial charge in [-0.15, -0.1) is 0 Å². The van der Waals surface area contributed by atoms with Crippen LogP contribution in [0.1, 0.15) is 88.1 Å². The smallest absolute Gasteiger partial charge is 0.419 e. The molecule has 6 rings (SSSR count). The van der Waals surface area contributed by atoms with Crippen molar-refractivity contribution in [3.8, 4) is 5.75 Å². The van der Waals surface area contributed by atoms with E-state index in [9.17, 15) is 22.8 Å². The molecule has 0 spiro atoms. The number of hydrogen-bond donors (Lipinski definition) is 0. The maximum atomic E-state index is 14.1. The van der Waals surface area contributed by atoms with Crippen LogP contribution in [0.25, 0.3) is 0 Å². The van der Waals surface area contributed by atoms with E-state index >= 15 is 0 Å². The quantitative estimate of drug-likeness (QED) is 0.442. The zero-order valence-corrected chi connectivity index (χ0v) is 21.3. The van der Waals surface area contributed by atoms with Gasteiger partial charge in [-0.1, -0.05) is 0 Å². The highest BCUT2D eigenvalue weighted by Crippen LogP contribution is 2.60. The van der Waals surface area contributed by atoms with Gasteiger partial charge in [-0.05, 0) is 108 Å². The maximum Gasteiger partial charge on any atom is 0.419 e. The van der Waals surface area contributed by atoms with Gasteiger partial charge in [0.2, 0.25) is 0 Å². The Morgan fingerprint density at radius 1 is 1.03 bits per heavy atom. The van der Waals surface area contributed by atoms with E-state index in [2.05, 4.69) is 0 Å². The summed E-state index contributed by atoms with van der Waals surface area (Å²) in [5.74, 6) is 0.697. The molecular formula is C28H36F3NO4. The van der Waals surface area contributed by atoms with Crippen molar-refractivity contribution >= 4 is 11.9 Å². The lowest BCUT2D eigenvalue weighted by atomic mass is 9.50. The number of carbonyl (C=O) groups is 2. The molecule has 198 valence electrons. The van der Waals surface area contributed by atoms with Crippen LogP contribution in [0.3, 0.4) is 0 Å². The van der Waals surface area contributed by atoms with E-state index in [4.69, 9.17) is 9.47 Å². The largest absolute Gasteiger partial charge is 0.492 e. The van der Waals surface area contributed by atoms with E-state index in [0.29, 0.717) is 43.7 Å². The summed E-state index contributed by atoms with van der Waals surface area (Å²) in [6.07, 6.45) is 3.24. The fourth-order valence-corrected chi connectivity index (χ4v) is 7.50. The molecule has 1 saturated heterocycles. The third-order valence-electron chi connectivity index (χ3n) is 8.42. The molecule has 4 aliphatic carbocycles. The SMILES string of the molecule is CC(C)(C)OC(=O)C1CCCN1C(=O)c1ccc(OCC23CC4CC(CC(C4)C2)C3)c(C(F)(F)F)c1. The molecule has 1 atom stereocenters. The number of likely N-dealkylation sites (tertiary alicyclic amines) is 1. The van der Waals surface area contributed by atoms with Gasteiger partial charge < -0.3 is 14.4 Å². The number of ether oxygens (including phenoxy) is 2. The first-order valence-corrected chi connectivity index (χ1v) is 13.2. The number of hydrogen-bond acceptors (Lipinski definition) is 4. The van der Waals surface area contributed by atoms with Crippen molar-refractivity contribution in [3.63, 3.8) is 0 Å². The van der Waals surface area contributed by atoms with Crippen molar-refractivity contribution < 1.29 is 32.2 Å². The number of amides is 1. The van der Waals surface area contributed by atoms with Crippen molar-refractivity contribution in [2.45, 2.75) is 90.0 Å². The van der Waals surface area contributed by atoms with Crippen LogP contribution in [0.4, 0.5) is 13.2 Å². The van der Waals surface area contributed by atoms with E-state index in [1.54, 1.807) is 20.8 Å². The van der Waals surface area contributed by atoms with Gasteiger partial charge in [0.1, 0.15) is 17.4 Å². The van der Waals surface area contributed by atoms with Gasteiger partial charge in [0.05, 0.1) is 12.2 Å². The summed E-state index contributed by atoms with van der Waals surface area (Å²) in [7, 11) is 0. The Hall–Kier alpha value is -2.25. The minimum absolute atomic E-state index is 0.0255. The average Bonchev–Trinajstić information content (AvgIpc) is 3.25. The van der Waals surface area contributed by atoms with Crippen molar-refractivity contribution in [1.82, 2.24) is 4.90 Å². The molecule has 1 heterocycles. The summed E-state index contributed by atoms with van der Waals surface area (Å²) >= 11 is 0. The molecule has 4 saturated carbocycles. The van der Waals surface area contributed by atoms with Crippen LogP contribution >= 0.6 is 0 Å². The van der Waals surface area contributed by atoms with Gasteiger partial charge in [0, 0.05) is 17.5 Å². The molecule has 0 aromatic heterocycles. The number of benzene rings is 1. The second-order valence-corrected chi connectivity index (χ2v) is 12.6. The van der Waals surface area contributed by atoms with Crippen LogP contribution in [0.2, 0.25) is 0 Å². The van der Waals surface area contributed by atoms with Gasteiger partial charge >= 0.3 is 12.1 Å². The number of nitrogens with zero attached hydrogens (tertiary/aromatic N) is 1. The van der Waals surface area contributed by atoms with Gasteiger partial charge in [-0.25, -0.2) is 4.79 Å². The molecule has 0 radical (unpaired) electrons. The van der Waals surface area contributed by atoms with Crippen LogP contribution < -0.4 is 4.74 Å². The molecule has 1 aliphatic heterocycles. The predicted molar refractivity (Wildman–Crippen MR) is 127 cm³/mol. The second kappa shape index (κ2) is 8.95. The number of rotatable bonds is 5. The second-order valence-electron chi connectivity index (χ2n) is 12.6. The van der Waals surface area contributed by atoms with E-state index in [1.807, 2.05) is 0 Å². The monoisotopic (exact) mass is 507 g/mol. The molecule has 5 fully saturated rings. The molecule has 1 aromatic rings. The summed E-state index contributed by atoms with van der Waals surface area (Å²) in [6.45, 7) is 5.81. The highest BCUT2D eigenvalue weighted by atomic mass is 19.4. The number of esters is 1. The summed E-state index contributed by atoms with van der Waals surface area (Å²) in [6, 6.07) is 2.74. The Morgan fingerprint density at radius 2 is 1.64 bits per heavy atom. The van der Waals surface area contributed by atoms with Crippen molar-refractivity contribution in [2.24, 2.45) is 23.2 Å². The molecule has 36 heavy (non-hydrogen) atoms. The minimum atomic E-state index is -4.66. The molecule has 1 amide bonds. The molecule has 4 bridgehead atoms. The average molecular weight is 508 g/mol. The van der Waals surface area contributed by atoms with Crippen LogP contribution in [0, 0.1) is 23.2 Å². The standard InChI is InChI=1S/C28H36F3NO4/c1-26(2,3)36-25(34)22-5-4-8-32(22)24(33)20-6-7-23(21(12-20)28(29,30)31)35-16-27-13-17-9-18(14-27)11-19(10-17)15-27/h6-7,12,17-19,22H,4-5,8-11,13-16H2,1-3H3. The Kier molecular flexibility index (Phi) is 6.31. The lowest BCUT2D eigenvalue weighted by Gasteiger charge is -2.56. The van der Waals surface area contributed by atoms with Gasteiger partial charge in [-0.2, -0.15) is 13.2 Å². The van der Waals surface area contributed by atoms with Crippen molar-refractivity contribution in [3.05, 3.63) is 29.3 Å². The lowest BCUT2D eigenvalue weighted by Crippen LogP contribution is -2.48. The third kappa shape index (κ3) is 5.10. The predicted octanol–water partition coefficient (Wildman–Crippen LogP) is 6.25. The van der Waals surface area contributed by atoms with Crippen LogP contribution in [0.15, 0.2) is 18.2 Å². The summed E-state index contributed by atoms with van der Waals surface area (Å²) in [5.41, 5.74) is -1.78. The molecule has 5 nitrogen and oxygen atoms in total. The van der Waals surface area contributed by atoms with Crippen LogP contribution in [-0.2, 0) is 15.7 Å². The fraction of sp³-hybridized carbons (Fsp3) is 0.714. The topological polar surface area (TPSA) is 55.8 Å². The zero-order valence-electron chi connectivity index (χ0n) is 21.3. The normalized spacial score (nSPS) is 31.6. The summed E-state index contributed by atoms with van der Waals surface area (Å²) in [5, 5.41) is 0. The van der Waals surface area contributed by atoms with Crippen molar-refractivity contribution in [1.29, 1.82) is 0 Å². The van der Waals surface area contributed by atoms with Crippen LogP contribution in [-0.4, -0.2) is 41.6 Å². The maximum absolute atomic E-state index is 14.1. The first kappa shape index (κ1) is 25.4. The molecule has 1 unspecified atom stereocenters. The van der Waals surface area contributed by atoms with Gasteiger partial charge in [0.25, 0.3) is 5.91 Å².